The van der Waals surface area contributed by atoms with Crippen LogP contribution in [0.3, 0.4) is 0 Å². The first-order valence-electron chi connectivity index (χ1n) is 5.01. The Morgan fingerprint density at radius 2 is 1.93 bits per heavy atom. The lowest BCUT2D eigenvalue weighted by molar-refractivity contribution is 0.171. The third-order valence-corrected chi connectivity index (χ3v) is 3.18. The molecule has 0 aliphatic carbocycles. The maximum Gasteiger partial charge on any atom is 0.162 e. The Bertz CT molecular complexity index is 355. The van der Waals surface area contributed by atoms with Crippen molar-refractivity contribution in [3.8, 4) is 11.5 Å². The second kappa shape index (κ2) is 4.77. The highest BCUT2D eigenvalue weighted by Crippen LogP contribution is 2.36. The molecule has 1 aromatic rings. The third kappa shape index (κ3) is 2.21. The number of thioether (sulfide) groups is 1. The van der Waals surface area contributed by atoms with Gasteiger partial charge in [0.1, 0.15) is 13.2 Å². The fraction of sp³-hybridized carbons (Fsp3) is 0.455. The minimum absolute atomic E-state index is 0.633. The molecule has 0 fully saturated rings. The molecule has 1 aliphatic heterocycles. The Balaban J connectivity index is 2.37. The van der Waals surface area contributed by atoms with Crippen molar-refractivity contribution >= 4 is 11.8 Å². The van der Waals surface area contributed by atoms with E-state index in [-0.39, 0.29) is 0 Å². The van der Waals surface area contributed by atoms with Gasteiger partial charge in [0.05, 0.1) is 0 Å². The molecular weight excluding hydrogens is 210 g/mol. The molecule has 0 saturated heterocycles. The maximum atomic E-state index is 5.58. The van der Waals surface area contributed by atoms with Crippen LogP contribution in [0.2, 0.25) is 0 Å². The van der Waals surface area contributed by atoms with Crippen LogP contribution in [0.5, 0.6) is 11.5 Å². The van der Waals surface area contributed by atoms with Gasteiger partial charge in [-0.3, -0.25) is 0 Å². The number of ether oxygens (including phenoxy) is 2. The van der Waals surface area contributed by atoms with Gasteiger partial charge in [-0.05, 0) is 36.9 Å². The molecule has 0 radical (unpaired) electrons. The molecule has 0 bridgehead atoms. The maximum absolute atomic E-state index is 5.58. The highest BCUT2D eigenvalue weighted by atomic mass is 32.2. The molecule has 0 unspecified atom stereocenters. The molecule has 1 aromatic carbocycles. The van der Waals surface area contributed by atoms with Crippen molar-refractivity contribution in [3.05, 3.63) is 17.7 Å². The molecule has 2 N–H and O–H groups in total. The summed E-state index contributed by atoms with van der Waals surface area (Å²) in [5.41, 5.74) is 6.82. The Kier molecular flexibility index (Phi) is 3.38. The van der Waals surface area contributed by atoms with Crippen LogP contribution >= 0.6 is 11.8 Å². The SMILES string of the molecule is CSc1cc2c(cc1CCN)OCCO2. The average Bonchev–Trinajstić information content (AvgIpc) is 2.28. The Morgan fingerprint density at radius 1 is 1.27 bits per heavy atom. The Hall–Kier alpha value is -0.870. The fourth-order valence-electron chi connectivity index (χ4n) is 1.65. The van der Waals surface area contributed by atoms with Gasteiger partial charge in [-0.15, -0.1) is 11.8 Å². The highest BCUT2D eigenvalue weighted by Gasteiger charge is 2.14. The summed E-state index contributed by atoms with van der Waals surface area (Å²) in [5.74, 6) is 1.70. The zero-order valence-electron chi connectivity index (χ0n) is 8.79. The number of fused-ring (bicyclic) bond motifs is 1. The van der Waals surface area contributed by atoms with Gasteiger partial charge in [-0.25, -0.2) is 0 Å². The molecule has 2 rings (SSSR count). The van der Waals surface area contributed by atoms with Crippen LogP contribution in [0.4, 0.5) is 0 Å². The molecule has 0 aromatic heterocycles. The first kappa shape index (κ1) is 10.6. The molecule has 1 aliphatic rings. The second-order valence-electron chi connectivity index (χ2n) is 3.35. The smallest absolute Gasteiger partial charge is 0.162 e. The summed E-state index contributed by atoms with van der Waals surface area (Å²) in [5, 5.41) is 0. The minimum atomic E-state index is 0.633. The first-order chi connectivity index (χ1) is 7.35. The number of hydrogen-bond donors (Lipinski definition) is 1. The van der Waals surface area contributed by atoms with E-state index in [0.29, 0.717) is 19.8 Å². The van der Waals surface area contributed by atoms with Gasteiger partial charge in [0.15, 0.2) is 11.5 Å². The van der Waals surface area contributed by atoms with Gasteiger partial charge in [0, 0.05) is 4.90 Å². The normalized spacial score (nSPS) is 14.0. The van der Waals surface area contributed by atoms with Crippen LogP contribution in [-0.4, -0.2) is 26.0 Å². The lowest BCUT2D eigenvalue weighted by Gasteiger charge is -2.20. The van der Waals surface area contributed by atoms with E-state index in [2.05, 4.69) is 6.26 Å². The predicted molar refractivity (Wildman–Crippen MR) is 62.0 cm³/mol. The minimum Gasteiger partial charge on any atom is -0.486 e. The summed E-state index contributed by atoms with van der Waals surface area (Å²) in [4.78, 5) is 1.23. The van der Waals surface area contributed by atoms with Crippen molar-refractivity contribution in [3.63, 3.8) is 0 Å². The van der Waals surface area contributed by atoms with E-state index in [1.54, 1.807) is 11.8 Å². The summed E-state index contributed by atoms with van der Waals surface area (Å²) < 4.78 is 11.1. The number of hydrogen-bond acceptors (Lipinski definition) is 4. The monoisotopic (exact) mass is 225 g/mol. The van der Waals surface area contributed by atoms with Crippen molar-refractivity contribution in [1.29, 1.82) is 0 Å². The number of nitrogens with two attached hydrogens (primary N) is 1. The molecule has 82 valence electrons. The molecule has 1 heterocycles. The molecule has 3 nitrogen and oxygen atoms in total. The van der Waals surface area contributed by atoms with Crippen LogP contribution in [-0.2, 0) is 6.42 Å². The zero-order chi connectivity index (χ0) is 10.7. The topological polar surface area (TPSA) is 44.5 Å². The summed E-state index contributed by atoms with van der Waals surface area (Å²) >= 11 is 1.72. The van der Waals surface area contributed by atoms with E-state index in [4.69, 9.17) is 15.2 Å². The first-order valence-corrected chi connectivity index (χ1v) is 6.24. The van der Waals surface area contributed by atoms with Crippen molar-refractivity contribution in [1.82, 2.24) is 0 Å². The van der Waals surface area contributed by atoms with Crippen LogP contribution < -0.4 is 15.2 Å². The molecule has 4 heteroatoms. The zero-order valence-corrected chi connectivity index (χ0v) is 9.60. The quantitative estimate of drug-likeness (QED) is 0.795. The van der Waals surface area contributed by atoms with Gasteiger partial charge in [0.2, 0.25) is 0 Å². The number of rotatable bonds is 3. The molecule has 0 spiro atoms. The number of benzene rings is 1. The molecule has 0 amide bonds. The summed E-state index contributed by atoms with van der Waals surface area (Å²) in [6, 6.07) is 4.09. The largest absolute Gasteiger partial charge is 0.486 e. The van der Waals surface area contributed by atoms with Crippen molar-refractivity contribution in [2.45, 2.75) is 11.3 Å². The van der Waals surface area contributed by atoms with Crippen molar-refractivity contribution < 1.29 is 9.47 Å². The lowest BCUT2D eigenvalue weighted by Crippen LogP contribution is -2.16. The van der Waals surface area contributed by atoms with Gasteiger partial charge in [-0.2, -0.15) is 0 Å². The fourth-order valence-corrected chi connectivity index (χ4v) is 2.30. The van der Waals surface area contributed by atoms with Crippen LogP contribution in [0, 0.1) is 0 Å². The summed E-state index contributed by atoms with van der Waals surface area (Å²) in [6.07, 6.45) is 2.94. The van der Waals surface area contributed by atoms with E-state index in [0.717, 1.165) is 17.9 Å². The standard InChI is InChI=1S/C11H15NO2S/c1-15-11-7-10-9(13-4-5-14-10)6-8(11)2-3-12/h6-7H,2-5,12H2,1H3. The highest BCUT2D eigenvalue weighted by molar-refractivity contribution is 7.98. The van der Waals surface area contributed by atoms with Crippen LogP contribution in [0.15, 0.2) is 17.0 Å². The Morgan fingerprint density at radius 3 is 2.53 bits per heavy atom. The average molecular weight is 225 g/mol. The summed E-state index contributed by atoms with van der Waals surface area (Å²) in [6.45, 7) is 1.93. The van der Waals surface area contributed by atoms with Gasteiger partial charge >= 0.3 is 0 Å². The van der Waals surface area contributed by atoms with E-state index < -0.39 is 0 Å². The second-order valence-corrected chi connectivity index (χ2v) is 4.19. The van der Waals surface area contributed by atoms with E-state index in [1.807, 2.05) is 12.1 Å². The van der Waals surface area contributed by atoms with Crippen LogP contribution in [0.25, 0.3) is 0 Å². The third-order valence-electron chi connectivity index (χ3n) is 2.36. The van der Waals surface area contributed by atoms with E-state index in [1.165, 1.54) is 10.5 Å². The molecular formula is C11H15NO2S. The summed E-state index contributed by atoms with van der Waals surface area (Å²) in [7, 11) is 0. The Labute approximate surface area is 93.9 Å². The van der Waals surface area contributed by atoms with Gasteiger partial charge < -0.3 is 15.2 Å². The lowest BCUT2D eigenvalue weighted by atomic mass is 10.1. The van der Waals surface area contributed by atoms with E-state index in [9.17, 15) is 0 Å². The van der Waals surface area contributed by atoms with Crippen molar-refractivity contribution in [2.75, 3.05) is 26.0 Å². The van der Waals surface area contributed by atoms with E-state index >= 15 is 0 Å². The predicted octanol–water partition coefficient (Wildman–Crippen LogP) is 1.68. The van der Waals surface area contributed by atoms with Crippen molar-refractivity contribution in [2.24, 2.45) is 5.73 Å². The van der Waals surface area contributed by atoms with Gasteiger partial charge in [0.25, 0.3) is 0 Å². The van der Waals surface area contributed by atoms with Gasteiger partial charge in [-0.1, -0.05) is 0 Å². The molecule has 0 saturated carbocycles. The van der Waals surface area contributed by atoms with Crippen LogP contribution in [0.1, 0.15) is 5.56 Å². The molecule has 0 atom stereocenters. The molecule has 15 heavy (non-hydrogen) atoms.